The van der Waals surface area contributed by atoms with Crippen LogP contribution < -0.4 is 19.9 Å². The van der Waals surface area contributed by atoms with Gasteiger partial charge in [0.25, 0.3) is 5.91 Å². The Balaban J connectivity index is 1.73. The number of benzene rings is 1. The molecule has 0 radical (unpaired) electrons. The molecule has 0 unspecified atom stereocenters. The summed E-state index contributed by atoms with van der Waals surface area (Å²) in [5.74, 6) is 0.747. The van der Waals surface area contributed by atoms with Crippen molar-refractivity contribution in [2.24, 2.45) is 0 Å². The van der Waals surface area contributed by atoms with Crippen LogP contribution in [0.1, 0.15) is 52.0 Å². The van der Waals surface area contributed by atoms with Crippen LogP contribution in [0.3, 0.4) is 0 Å². The predicted octanol–water partition coefficient (Wildman–Crippen LogP) is 1.71. The molecule has 0 spiro atoms. The normalized spacial score (nSPS) is 14.6. The largest absolute Gasteiger partial charge is 0.482 e. The number of anilines is 1. The van der Waals surface area contributed by atoms with Gasteiger partial charge < -0.3 is 19.9 Å². The lowest BCUT2D eigenvalue weighted by molar-refractivity contribution is -0.896. The van der Waals surface area contributed by atoms with Gasteiger partial charge in [-0.2, -0.15) is 0 Å². The maximum atomic E-state index is 12.2. The van der Waals surface area contributed by atoms with Crippen molar-refractivity contribution in [3.63, 3.8) is 0 Å². The number of nitrogens with one attached hydrogen (secondary N) is 2. The lowest BCUT2D eigenvalue weighted by atomic mass is 10.1. The van der Waals surface area contributed by atoms with Gasteiger partial charge in [0.1, 0.15) is 5.75 Å². The van der Waals surface area contributed by atoms with E-state index in [4.69, 9.17) is 4.74 Å². The minimum atomic E-state index is -0.0502. The van der Waals surface area contributed by atoms with E-state index in [1.165, 1.54) is 0 Å². The smallest absolute Gasteiger partial charge is 0.265 e. The van der Waals surface area contributed by atoms with E-state index >= 15 is 0 Å². The number of amides is 2. The Kier molecular flexibility index (Phi) is 8.77. The van der Waals surface area contributed by atoms with E-state index in [2.05, 4.69) is 26.1 Å². The molecule has 1 heterocycles. The van der Waals surface area contributed by atoms with Gasteiger partial charge in [-0.05, 0) is 64.7 Å². The number of nitrogens with zero attached hydrogens (tertiary/aromatic N) is 1. The third-order valence-corrected chi connectivity index (χ3v) is 5.42. The fraction of sp³-hybridized carbons (Fsp3) is 0.636. The average molecular weight is 391 g/mol. The minimum absolute atomic E-state index is 0.0502. The van der Waals surface area contributed by atoms with Crippen LogP contribution in [0.4, 0.5) is 5.69 Å². The maximum absolute atomic E-state index is 12.2. The van der Waals surface area contributed by atoms with Crippen molar-refractivity contribution in [1.82, 2.24) is 5.32 Å². The van der Waals surface area contributed by atoms with Gasteiger partial charge in [0, 0.05) is 19.0 Å². The zero-order valence-electron chi connectivity index (χ0n) is 17.8. The van der Waals surface area contributed by atoms with Gasteiger partial charge in [-0.15, -0.1) is 0 Å². The molecule has 0 bridgehead atoms. The van der Waals surface area contributed by atoms with Gasteiger partial charge in [0.15, 0.2) is 6.61 Å². The highest BCUT2D eigenvalue weighted by molar-refractivity contribution is 5.98. The molecule has 2 N–H and O–H groups in total. The van der Waals surface area contributed by atoms with Gasteiger partial charge in [-0.1, -0.05) is 6.07 Å². The molecule has 0 saturated heterocycles. The lowest BCUT2D eigenvalue weighted by Crippen LogP contribution is -3.11. The lowest BCUT2D eigenvalue weighted by Gasteiger charge is -2.29. The van der Waals surface area contributed by atoms with E-state index in [0.29, 0.717) is 19.4 Å². The van der Waals surface area contributed by atoms with Gasteiger partial charge in [0.2, 0.25) is 5.91 Å². The third-order valence-electron chi connectivity index (χ3n) is 5.42. The summed E-state index contributed by atoms with van der Waals surface area (Å²) in [5.41, 5.74) is 1.89. The first-order valence-corrected chi connectivity index (χ1v) is 10.6. The molecular weight excluding hydrogens is 354 g/mol. The average Bonchev–Trinajstić information content (AvgIpc) is 2.67. The number of hydrogen-bond donors (Lipinski definition) is 2. The van der Waals surface area contributed by atoms with Crippen LogP contribution >= 0.6 is 0 Å². The van der Waals surface area contributed by atoms with Crippen LogP contribution in [0.5, 0.6) is 5.75 Å². The highest BCUT2D eigenvalue weighted by atomic mass is 16.5. The number of carbonyl (C=O) groups excluding carboxylic acids is 2. The van der Waals surface area contributed by atoms with Crippen molar-refractivity contribution in [3.05, 3.63) is 23.8 Å². The van der Waals surface area contributed by atoms with Crippen LogP contribution in [0.2, 0.25) is 0 Å². The summed E-state index contributed by atoms with van der Waals surface area (Å²) in [7, 11) is 0. The molecule has 1 aromatic rings. The van der Waals surface area contributed by atoms with Gasteiger partial charge in [-0.25, -0.2) is 0 Å². The van der Waals surface area contributed by atoms with E-state index in [9.17, 15) is 9.59 Å². The highest BCUT2D eigenvalue weighted by Gasteiger charge is 2.25. The number of quaternary nitrogens is 1. The molecule has 0 fully saturated rings. The molecule has 2 amide bonds. The SMILES string of the molecule is CC[NH+](CC)CCC[C@@H](C)NC(=O)CCCN1C(=O)COc2ccc(C)cc21. The summed E-state index contributed by atoms with van der Waals surface area (Å²) in [5, 5.41) is 3.09. The first-order chi connectivity index (χ1) is 13.4. The molecule has 6 nitrogen and oxygen atoms in total. The Labute approximate surface area is 169 Å². The minimum Gasteiger partial charge on any atom is -0.482 e. The van der Waals surface area contributed by atoms with Gasteiger partial charge in [-0.3, -0.25) is 9.59 Å². The van der Waals surface area contributed by atoms with Crippen molar-refractivity contribution in [3.8, 4) is 5.75 Å². The molecule has 0 aromatic heterocycles. The predicted molar refractivity (Wildman–Crippen MR) is 112 cm³/mol. The molecule has 2 rings (SSSR count). The number of fused-ring (bicyclic) bond motifs is 1. The Morgan fingerprint density at radius 1 is 1.29 bits per heavy atom. The van der Waals surface area contributed by atoms with Crippen LogP contribution in [-0.2, 0) is 9.59 Å². The summed E-state index contributed by atoms with van der Waals surface area (Å²) in [6, 6.07) is 6.03. The molecule has 6 heteroatoms. The van der Waals surface area contributed by atoms with E-state index in [1.54, 1.807) is 9.80 Å². The summed E-state index contributed by atoms with van der Waals surface area (Å²) in [4.78, 5) is 27.8. The molecule has 0 saturated carbocycles. The molecule has 156 valence electrons. The van der Waals surface area contributed by atoms with Gasteiger partial charge >= 0.3 is 0 Å². The quantitative estimate of drug-likeness (QED) is 0.605. The van der Waals surface area contributed by atoms with Crippen LogP contribution in [-0.4, -0.2) is 50.6 Å². The molecule has 1 aliphatic heterocycles. The molecule has 0 aliphatic carbocycles. The Hall–Kier alpha value is -2.08. The second-order valence-electron chi connectivity index (χ2n) is 7.73. The first-order valence-electron chi connectivity index (χ1n) is 10.6. The fourth-order valence-corrected chi connectivity index (χ4v) is 3.64. The standard InChI is InChI=1S/C22H35N3O3/c1-5-24(6-2)13-7-9-18(4)23-21(26)10-8-14-25-19-15-17(3)11-12-20(19)28-16-22(25)27/h11-12,15,18H,5-10,13-14,16H2,1-4H3,(H,23,26)/p+1/t18-/m1/s1. The van der Waals surface area contributed by atoms with Crippen molar-refractivity contribution in [2.75, 3.05) is 37.7 Å². The maximum Gasteiger partial charge on any atom is 0.265 e. The molecule has 28 heavy (non-hydrogen) atoms. The molecular formula is C22H36N3O3+. The van der Waals surface area contributed by atoms with E-state index < -0.39 is 0 Å². The zero-order chi connectivity index (χ0) is 20.5. The summed E-state index contributed by atoms with van der Waals surface area (Å²) in [6.07, 6.45) is 3.19. The van der Waals surface area contributed by atoms with Gasteiger partial charge in [0.05, 0.1) is 25.3 Å². The second kappa shape index (κ2) is 11.1. The molecule has 1 aromatic carbocycles. The third kappa shape index (κ3) is 6.51. The van der Waals surface area contributed by atoms with Crippen LogP contribution in [0, 0.1) is 6.92 Å². The number of rotatable bonds is 11. The Morgan fingerprint density at radius 3 is 2.75 bits per heavy atom. The summed E-state index contributed by atoms with van der Waals surface area (Å²) < 4.78 is 5.50. The van der Waals surface area contributed by atoms with E-state index in [0.717, 1.165) is 49.5 Å². The monoisotopic (exact) mass is 390 g/mol. The van der Waals surface area contributed by atoms with Crippen LogP contribution in [0.15, 0.2) is 18.2 Å². The van der Waals surface area contributed by atoms with Crippen molar-refractivity contribution >= 4 is 17.5 Å². The number of carbonyl (C=O) groups is 2. The van der Waals surface area contributed by atoms with E-state index in [-0.39, 0.29) is 24.5 Å². The Bertz CT molecular complexity index is 658. The van der Waals surface area contributed by atoms with Crippen molar-refractivity contribution in [1.29, 1.82) is 0 Å². The zero-order valence-corrected chi connectivity index (χ0v) is 17.8. The number of aryl methyl sites for hydroxylation is 1. The first kappa shape index (κ1) is 22.2. The fourth-order valence-electron chi connectivity index (χ4n) is 3.64. The molecule has 1 atom stereocenters. The van der Waals surface area contributed by atoms with E-state index in [1.807, 2.05) is 25.1 Å². The van der Waals surface area contributed by atoms with Crippen molar-refractivity contribution in [2.45, 2.75) is 59.4 Å². The van der Waals surface area contributed by atoms with Crippen molar-refractivity contribution < 1.29 is 19.2 Å². The van der Waals surface area contributed by atoms with Crippen LogP contribution in [0.25, 0.3) is 0 Å². The topological polar surface area (TPSA) is 63.1 Å². The molecule has 1 aliphatic rings. The highest BCUT2D eigenvalue weighted by Crippen LogP contribution is 2.32. The Morgan fingerprint density at radius 2 is 2.04 bits per heavy atom. The second-order valence-corrected chi connectivity index (χ2v) is 7.73. The number of hydrogen-bond acceptors (Lipinski definition) is 3. The number of ether oxygens (including phenoxy) is 1. The summed E-state index contributed by atoms with van der Waals surface area (Å²) in [6.45, 7) is 12.5. The summed E-state index contributed by atoms with van der Waals surface area (Å²) >= 11 is 0.